The van der Waals surface area contributed by atoms with E-state index in [1.54, 1.807) is 12.5 Å². The third-order valence-electron chi connectivity index (χ3n) is 5.08. The number of ketones is 1. The molecule has 4 rings (SSSR count). The molecule has 2 aromatic carbocycles. The van der Waals surface area contributed by atoms with Gasteiger partial charge in [0.25, 0.3) is 0 Å². The Labute approximate surface area is 184 Å². The fourth-order valence-corrected chi connectivity index (χ4v) is 3.56. The number of Topliss-reactive ketones (excluding diaryl/α,β-unsaturated/α-hetero) is 1. The van der Waals surface area contributed by atoms with Crippen LogP contribution in [0.4, 0.5) is 0 Å². The first-order valence-electron chi connectivity index (χ1n) is 8.03. The number of aromatic amines is 1. The Morgan fingerprint density at radius 3 is 2.50 bits per heavy atom. The van der Waals surface area contributed by atoms with Gasteiger partial charge in [0.15, 0.2) is 0 Å². The van der Waals surface area contributed by atoms with Crippen LogP contribution in [0.25, 0.3) is 10.8 Å². The molecule has 4 nitrogen and oxygen atoms in total. The Morgan fingerprint density at radius 2 is 1.96 bits per heavy atom. The van der Waals surface area contributed by atoms with Crippen molar-refractivity contribution in [2.24, 2.45) is 0 Å². The summed E-state index contributed by atoms with van der Waals surface area (Å²) in [7, 11) is 0. The number of fused-ring (bicyclic) bond motifs is 1. The number of nitrogens with one attached hydrogen (secondary N) is 2. The van der Waals surface area contributed by atoms with Gasteiger partial charge < -0.3 is 39.9 Å². The van der Waals surface area contributed by atoms with Gasteiger partial charge in [-0.2, -0.15) is 0 Å². The van der Waals surface area contributed by atoms with Crippen molar-refractivity contribution in [2.45, 2.75) is 32.2 Å². The molecule has 0 aliphatic carbocycles. The maximum atomic E-state index is 13.2. The number of benzene rings is 1. The Hall–Kier alpha value is -0.867. The van der Waals surface area contributed by atoms with Crippen molar-refractivity contribution in [1.82, 2.24) is 15.3 Å². The number of aromatic nitrogens is 2. The zero-order valence-corrected chi connectivity index (χ0v) is 18.7. The molecule has 26 heavy (non-hydrogen) atoms. The number of aryl methyl sites for hydroxylation is 2. The average Bonchev–Trinajstić information content (AvgIpc) is 3.15. The molecule has 3 aromatic rings. The number of rotatable bonds is 4. The predicted molar refractivity (Wildman–Crippen MR) is 91.0 cm³/mol. The van der Waals surface area contributed by atoms with Gasteiger partial charge in [0, 0.05) is 18.3 Å². The number of hydrogen-bond acceptors (Lipinski definition) is 3. The zero-order chi connectivity index (χ0) is 16.0. The van der Waals surface area contributed by atoms with E-state index in [2.05, 4.69) is 53.4 Å². The summed E-state index contributed by atoms with van der Waals surface area (Å²) in [5, 5.41) is 5.74. The van der Waals surface area contributed by atoms with E-state index in [0.29, 0.717) is 6.42 Å². The van der Waals surface area contributed by atoms with Crippen molar-refractivity contribution in [1.29, 1.82) is 0 Å². The van der Waals surface area contributed by atoms with Crippen LogP contribution in [0.3, 0.4) is 0 Å². The molecule has 1 aliphatic heterocycles. The van der Waals surface area contributed by atoms with Crippen LogP contribution in [-0.2, 0) is 32.6 Å². The largest absolute Gasteiger partial charge is 3.00 e. The summed E-state index contributed by atoms with van der Waals surface area (Å²) in [4.78, 5) is 20.3. The smallest absolute Gasteiger partial charge is 1.00 e. The standard InChI is InChI=1S/C19H20N3O.2ClH.Zr/c1-12-3-4-13(2)17-8-14(7-16(12)17)18(23)19(5-6-22-19)9-15-10-20-11-21-15;;;/h3-4,7-8,10-11,22H,5-6,9H2,1-2H3,(H,20,21);2*1H;/q-1;;;+3/p-2/t19-;;;/m0.../s1. The molecule has 1 radical (unpaired) electrons. The Morgan fingerprint density at radius 1 is 1.27 bits per heavy atom. The third-order valence-corrected chi connectivity index (χ3v) is 5.08. The second-order valence-corrected chi connectivity index (χ2v) is 6.61. The Balaban J connectivity index is 0.00000113. The molecule has 0 amide bonds. The third kappa shape index (κ3) is 3.87. The average molecular weight is 469 g/mol. The van der Waals surface area contributed by atoms with E-state index in [1.165, 1.54) is 21.9 Å². The van der Waals surface area contributed by atoms with Crippen molar-refractivity contribution in [3.8, 4) is 0 Å². The molecule has 2 N–H and O–H groups in total. The van der Waals surface area contributed by atoms with Gasteiger partial charge in [-0.05, 0) is 19.9 Å². The fourth-order valence-electron chi connectivity index (χ4n) is 3.56. The van der Waals surface area contributed by atoms with Crippen LogP contribution in [0.2, 0.25) is 0 Å². The second kappa shape index (κ2) is 8.88. The quantitative estimate of drug-likeness (QED) is 0.318. The molecule has 1 saturated heterocycles. The van der Waals surface area contributed by atoms with Crippen LogP contribution in [-0.4, -0.2) is 27.8 Å². The van der Waals surface area contributed by atoms with Crippen LogP contribution in [0, 0.1) is 13.8 Å². The monoisotopic (exact) mass is 466 g/mol. The van der Waals surface area contributed by atoms with E-state index in [1.807, 2.05) is 0 Å². The molecular weight excluding hydrogens is 448 g/mol. The molecule has 2 heterocycles. The van der Waals surface area contributed by atoms with E-state index >= 15 is 0 Å². The molecule has 0 spiro atoms. The van der Waals surface area contributed by atoms with E-state index in [0.717, 1.165) is 24.2 Å². The van der Waals surface area contributed by atoms with Gasteiger partial charge >= 0.3 is 26.2 Å². The van der Waals surface area contributed by atoms with Gasteiger partial charge in [0.2, 0.25) is 0 Å². The van der Waals surface area contributed by atoms with Gasteiger partial charge in [-0.15, -0.1) is 28.5 Å². The number of H-pyrrole nitrogens is 1. The molecule has 0 unspecified atom stereocenters. The van der Waals surface area contributed by atoms with Gasteiger partial charge in [-0.3, -0.25) is 0 Å². The first-order chi connectivity index (χ1) is 11.1. The first-order valence-corrected chi connectivity index (χ1v) is 8.03. The summed E-state index contributed by atoms with van der Waals surface area (Å²) in [6, 6.07) is 8.34. The summed E-state index contributed by atoms with van der Waals surface area (Å²) >= 11 is 0. The van der Waals surface area contributed by atoms with E-state index in [4.69, 9.17) is 0 Å². The molecule has 1 atom stereocenters. The molecule has 0 saturated carbocycles. The Kier molecular flexibility index (Phi) is 7.92. The van der Waals surface area contributed by atoms with Crippen LogP contribution in [0.15, 0.2) is 36.8 Å². The molecule has 0 bridgehead atoms. The number of hydrogen-bond donors (Lipinski definition) is 2. The molecule has 1 aliphatic rings. The van der Waals surface area contributed by atoms with E-state index in [-0.39, 0.29) is 56.8 Å². The van der Waals surface area contributed by atoms with Crippen molar-refractivity contribution < 1.29 is 55.8 Å². The minimum atomic E-state index is -0.487. The number of carbonyl (C=O) groups excluding carboxylic acids is 1. The van der Waals surface area contributed by atoms with Crippen molar-refractivity contribution in [3.05, 3.63) is 59.2 Å². The van der Waals surface area contributed by atoms with Crippen LogP contribution >= 0.6 is 0 Å². The number of nitrogens with zero attached hydrogens (tertiary/aromatic N) is 1. The summed E-state index contributed by atoms with van der Waals surface area (Å²) in [6.45, 7) is 5.08. The van der Waals surface area contributed by atoms with E-state index in [9.17, 15) is 4.79 Å². The topological polar surface area (TPSA) is 57.8 Å². The van der Waals surface area contributed by atoms with Gasteiger partial charge in [-0.1, -0.05) is 30.2 Å². The van der Waals surface area contributed by atoms with Gasteiger partial charge in [-0.25, -0.2) is 4.98 Å². The van der Waals surface area contributed by atoms with Crippen molar-refractivity contribution >= 4 is 16.6 Å². The fraction of sp³-hybridized carbons (Fsp3) is 0.316. The molecule has 7 heteroatoms. The summed E-state index contributed by atoms with van der Waals surface area (Å²) < 4.78 is 0. The zero-order valence-electron chi connectivity index (χ0n) is 14.7. The van der Waals surface area contributed by atoms with Crippen LogP contribution in [0.5, 0.6) is 0 Å². The number of halogens is 2. The molecule has 135 valence electrons. The molecule has 1 aromatic heterocycles. The van der Waals surface area contributed by atoms with Crippen molar-refractivity contribution in [2.75, 3.05) is 6.54 Å². The summed E-state index contributed by atoms with van der Waals surface area (Å²) in [5.41, 5.74) is 3.75. The minimum Gasteiger partial charge on any atom is -1.00 e. The van der Waals surface area contributed by atoms with Gasteiger partial charge in [0.1, 0.15) is 5.78 Å². The second-order valence-electron chi connectivity index (χ2n) is 6.61. The van der Waals surface area contributed by atoms with Crippen molar-refractivity contribution in [3.63, 3.8) is 0 Å². The summed E-state index contributed by atoms with van der Waals surface area (Å²) in [6.07, 6.45) is 4.98. The number of imidazole rings is 1. The SMILES string of the molecule is Cc1ccc(C)c2[cH-]c(C(=O)[C@@]3(Cc4cnc[nH]4)CCN3)cc12.[Cl-].[Cl-].[Zr+3]. The maximum absolute atomic E-state index is 13.2. The maximum Gasteiger partial charge on any atom is 3.00 e. The van der Waals surface area contributed by atoms with Crippen LogP contribution < -0.4 is 30.1 Å². The van der Waals surface area contributed by atoms with Gasteiger partial charge in [0.05, 0.1) is 11.9 Å². The summed E-state index contributed by atoms with van der Waals surface area (Å²) in [5.74, 6) is 0.188. The molecular formula is C19H20Cl2N3OZr. The van der Waals surface area contributed by atoms with Crippen LogP contribution in [0.1, 0.15) is 33.6 Å². The first kappa shape index (κ1) is 23.2. The minimum absolute atomic E-state index is 0. The Bertz CT molecular complexity index is 847. The number of carbonyl (C=O) groups is 1. The van der Waals surface area contributed by atoms with E-state index < -0.39 is 5.54 Å². The normalized spacial score (nSPS) is 18.2. The molecule has 1 fully saturated rings. The predicted octanol–water partition coefficient (Wildman–Crippen LogP) is -2.94.